The van der Waals surface area contributed by atoms with Gasteiger partial charge in [0.2, 0.25) is 0 Å². The number of carbonyl (C=O) groups is 6. The van der Waals surface area contributed by atoms with Crippen LogP contribution in [0, 0.1) is 56.9 Å². The number of carbonyl (C=O) groups excluding carboxylic acids is 6. The molecule has 0 aliphatic heterocycles. The number of amides is 6. The molecule has 6 aromatic heterocycles. The lowest BCUT2D eigenvalue weighted by Crippen LogP contribution is -2.38. The Kier molecular flexibility index (Phi) is 49.4. The Hall–Kier alpha value is -12.8. The van der Waals surface area contributed by atoms with Crippen molar-refractivity contribution in [2.75, 3.05) is 7.11 Å². The van der Waals surface area contributed by atoms with Crippen molar-refractivity contribution < 1.29 is 51.1 Å². The van der Waals surface area contributed by atoms with Gasteiger partial charge in [-0.2, -0.15) is 0 Å². The molecule has 1 saturated carbocycles. The Labute approximate surface area is 863 Å². The van der Waals surface area contributed by atoms with Crippen LogP contribution in [0.4, 0.5) is 17.6 Å². The van der Waals surface area contributed by atoms with Crippen molar-refractivity contribution in [2.45, 2.75) is 358 Å². The second kappa shape index (κ2) is 59.1. The molecule has 10 aromatic rings. The quantitative estimate of drug-likeness (QED) is 0.0199. The van der Waals surface area contributed by atoms with Crippen molar-refractivity contribution in [3.8, 4) is 5.75 Å². The van der Waals surface area contributed by atoms with Crippen molar-refractivity contribution >= 4 is 47.0 Å². The zero-order valence-electron chi connectivity index (χ0n) is 90.7. The van der Waals surface area contributed by atoms with Crippen molar-refractivity contribution in [1.82, 2.24) is 59.3 Å². The van der Waals surface area contributed by atoms with E-state index >= 15 is 0 Å². The smallest absolute Gasteiger partial charge is 0.263 e. The molecule has 0 bridgehead atoms. The molecular weight excluding hydrogens is 1880 g/mol. The van der Waals surface area contributed by atoms with Crippen LogP contribution in [0.25, 0.3) is 0 Å². The molecule has 1 aliphatic carbocycles. The highest BCUT2D eigenvalue weighted by Gasteiger charge is 2.28. The van der Waals surface area contributed by atoms with Gasteiger partial charge in [0.25, 0.3) is 68.8 Å². The predicted octanol–water partition coefficient (Wildman–Crippen LogP) is 20.2. The van der Waals surface area contributed by atoms with E-state index in [4.69, 9.17) is 16.3 Å². The summed E-state index contributed by atoms with van der Waals surface area (Å²) in [4.78, 5) is 151. The normalized spacial score (nSPS) is 11.7. The maximum absolute atomic E-state index is 14.0. The number of methoxy groups -OCH3 is 1. The van der Waals surface area contributed by atoms with Crippen molar-refractivity contribution in [3.63, 3.8) is 0 Å². The van der Waals surface area contributed by atoms with E-state index in [1.54, 1.807) is 72.6 Å². The number of nitrogens with one attached hydrogen (secondary N) is 6. The molecule has 0 atom stereocenters. The molecule has 30 heteroatoms. The molecular formula is C116H157ClF4N12O13. The summed E-state index contributed by atoms with van der Waals surface area (Å²) >= 11 is 5.92. The first kappa shape index (κ1) is 122. The van der Waals surface area contributed by atoms with Gasteiger partial charge in [0, 0.05) is 100 Å². The largest absolute Gasteiger partial charge is 0.497 e. The third kappa shape index (κ3) is 34.7. The Morgan fingerprint density at radius 3 is 0.966 bits per heavy atom. The highest BCUT2D eigenvalue weighted by molar-refractivity contribution is 6.30. The summed E-state index contributed by atoms with van der Waals surface area (Å²) in [5.41, 5.74) is 13.3. The highest BCUT2D eigenvalue weighted by Crippen LogP contribution is 2.28. The van der Waals surface area contributed by atoms with Crippen LogP contribution >= 0.6 is 11.6 Å². The Morgan fingerprint density at radius 1 is 0.336 bits per heavy atom. The predicted molar refractivity (Wildman–Crippen MR) is 578 cm³/mol. The van der Waals surface area contributed by atoms with Gasteiger partial charge >= 0.3 is 0 Å². The summed E-state index contributed by atoms with van der Waals surface area (Å²) in [5.74, 6) is -4.01. The number of aryl methyl sites for hydroxylation is 6. The van der Waals surface area contributed by atoms with Gasteiger partial charge in [-0.3, -0.25) is 57.5 Å². The van der Waals surface area contributed by atoms with E-state index in [9.17, 15) is 75.1 Å². The number of unbranched alkanes of at least 4 members (excludes halogenated alkanes) is 1. The van der Waals surface area contributed by atoms with Crippen molar-refractivity contribution in [2.24, 2.45) is 5.92 Å². The summed E-state index contributed by atoms with van der Waals surface area (Å²) in [5, 5.41) is 17.4. The maximum atomic E-state index is 14.0. The number of benzene rings is 4. The summed E-state index contributed by atoms with van der Waals surface area (Å²) in [6.45, 7) is 50.6. The molecule has 0 saturated heterocycles. The van der Waals surface area contributed by atoms with Gasteiger partial charge in [0.05, 0.1) is 33.3 Å². The molecule has 1 aliphatic rings. The van der Waals surface area contributed by atoms with Gasteiger partial charge < -0.3 is 64.0 Å². The molecule has 6 amide bonds. The molecule has 4 aromatic carbocycles. The molecule has 6 heterocycles. The number of hydrogen-bond acceptors (Lipinski definition) is 13. The average Bonchev–Trinajstić information content (AvgIpc) is 0.833. The molecule has 146 heavy (non-hydrogen) atoms. The first-order valence-electron chi connectivity index (χ1n) is 51.7. The van der Waals surface area contributed by atoms with Crippen LogP contribution in [0.3, 0.4) is 0 Å². The van der Waals surface area contributed by atoms with E-state index in [-0.39, 0.29) is 129 Å². The number of aromatic nitrogens is 6. The van der Waals surface area contributed by atoms with Crippen LogP contribution in [0.15, 0.2) is 150 Å². The lowest BCUT2D eigenvalue weighted by atomic mass is 9.89. The van der Waals surface area contributed by atoms with E-state index in [1.807, 2.05) is 176 Å². The number of hydrogen-bond donors (Lipinski definition) is 6. The Balaban J connectivity index is 0.000000268. The van der Waals surface area contributed by atoms with Crippen LogP contribution in [0.2, 0.25) is 5.02 Å². The number of ether oxygens (including phenoxy) is 1. The fourth-order valence-electron chi connectivity index (χ4n) is 17.8. The Bertz CT molecular complexity index is 6520. The standard InChI is InChI=1S/C21H34N2O2.C20H26N2O3.C19H23ClN2O2.2C19H22F2N2O2.C18H30N2O2/c1-5-10-19-17(6-2)13-18(20(24)22-15(3)4)21(25)23(19)14-16-11-8-7-9-12-16;1-6-18-14(4)11-17(19(23)21-13(2)3)20(24)22(18)12-15-7-9-16(25-5)10-8-15;1-5-17-13(4)10-16(18(23)21-12(2)3)19(24)22(17)11-14-6-8-15(20)9-7-14;1-5-17-12(4)8-15(18(24)22-11(2)3)19(25)23(17)10-13-6-7-14(20)9-16(13)21;1-5-17-12(4)8-14(18(24)22-11(2)3)19(25)23(17)10-13-6-7-15(20)16(21)9-13;1-6-9-11-20-16(10-7-2)14(8-3)12-15(18(20)22)17(21)19-13(4)5/h13,15-16H,5-12,14H2,1-4H3,(H,22,24);7-11,13H,6,12H2,1-5H3,(H,21,23);6-10,12H,5,11H2,1-4H3,(H,21,23);2*6-9,11H,5,10H2,1-4H3,(H,22,24);12-13H,6-11H2,1-5H3,(H,19,21). The number of nitrogens with zero attached hydrogens (tertiary/aromatic N) is 6. The summed E-state index contributed by atoms with van der Waals surface area (Å²) in [6.07, 6.45) is 16.3. The number of rotatable bonds is 36. The van der Waals surface area contributed by atoms with Gasteiger partial charge in [-0.05, 0) is 316 Å². The minimum Gasteiger partial charge on any atom is -0.497 e. The topological polar surface area (TPSA) is 316 Å². The molecule has 0 radical (unpaired) electrons. The summed E-state index contributed by atoms with van der Waals surface area (Å²) in [7, 11) is 1.62. The molecule has 6 N–H and O–H groups in total. The van der Waals surface area contributed by atoms with Gasteiger partial charge in [-0.1, -0.05) is 149 Å². The van der Waals surface area contributed by atoms with Crippen LogP contribution in [0.5, 0.6) is 5.75 Å². The summed E-state index contributed by atoms with van der Waals surface area (Å²) in [6, 6.07) is 31.7. The third-order valence-corrected chi connectivity index (χ3v) is 25.1. The molecule has 0 unspecified atom stereocenters. The monoisotopic (exact) mass is 2040 g/mol. The maximum Gasteiger partial charge on any atom is 0.263 e. The minimum absolute atomic E-state index is 0.0194. The van der Waals surface area contributed by atoms with Crippen LogP contribution in [0.1, 0.15) is 355 Å². The van der Waals surface area contributed by atoms with E-state index < -0.39 is 46.2 Å². The van der Waals surface area contributed by atoms with Gasteiger partial charge in [0.1, 0.15) is 50.8 Å². The van der Waals surface area contributed by atoms with E-state index in [0.717, 1.165) is 179 Å². The van der Waals surface area contributed by atoms with Crippen molar-refractivity contribution in [3.05, 3.63) is 335 Å². The SMILES string of the molecule is CCCCn1c(CCC)c(CC)cc(C(=O)NC(C)C)c1=O.CCCc1c(CC)cc(C(=O)NC(C)C)c(=O)n1CC1CCCCC1.CCc1c(C)cc(C(=O)NC(C)C)c(=O)n1Cc1ccc(Cl)cc1.CCc1c(C)cc(C(=O)NC(C)C)c(=O)n1Cc1ccc(F)c(F)c1.CCc1c(C)cc(C(=O)NC(C)C)c(=O)n1Cc1ccc(F)cc1F.CCc1c(C)cc(C(=O)NC(C)C)c(=O)n1Cc1ccc(OC)cc1. The van der Waals surface area contributed by atoms with Crippen LogP contribution < -0.4 is 70.0 Å². The lowest BCUT2D eigenvalue weighted by molar-refractivity contribution is 0.0932. The Morgan fingerprint density at radius 2 is 0.651 bits per heavy atom. The second-order valence-corrected chi connectivity index (χ2v) is 39.4. The van der Waals surface area contributed by atoms with Crippen LogP contribution in [-0.4, -0.2) is 106 Å². The number of pyridine rings is 6. The fourth-order valence-corrected chi connectivity index (χ4v) is 18.0. The molecule has 25 nitrogen and oxygen atoms in total. The second-order valence-electron chi connectivity index (χ2n) is 39.0. The van der Waals surface area contributed by atoms with Crippen LogP contribution in [-0.2, 0) is 90.6 Å². The molecule has 794 valence electrons. The summed E-state index contributed by atoms with van der Waals surface area (Å²) < 4.78 is 68.9. The molecule has 0 spiro atoms. The highest BCUT2D eigenvalue weighted by atomic mass is 35.5. The van der Waals surface area contributed by atoms with Crippen molar-refractivity contribution in [1.29, 1.82) is 0 Å². The van der Waals surface area contributed by atoms with Gasteiger partial charge in [-0.25, -0.2) is 17.6 Å². The first-order chi connectivity index (χ1) is 69.1. The van der Waals surface area contributed by atoms with Gasteiger partial charge in [-0.15, -0.1) is 0 Å². The zero-order valence-corrected chi connectivity index (χ0v) is 91.5. The zero-order chi connectivity index (χ0) is 109. The van der Waals surface area contributed by atoms with E-state index in [1.165, 1.54) is 53.4 Å². The third-order valence-electron chi connectivity index (χ3n) is 24.8. The average molecular weight is 2040 g/mol. The first-order valence-corrected chi connectivity index (χ1v) is 52.0. The minimum atomic E-state index is -0.964. The van der Waals surface area contributed by atoms with E-state index in [0.29, 0.717) is 54.5 Å². The fraction of sp³-hybridized carbons (Fsp3) is 0.483. The molecule has 1 fully saturated rings. The molecule has 11 rings (SSSR count). The van der Waals surface area contributed by atoms with Gasteiger partial charge in [0.15, 0.2) is 11.6 Å². The van der Waals surface area contributed by atoms with E-state index in [2.05, 4.69) is 66.5 Å². The lowest BCUT2D eigenvalue weighted by Gasteiger charge is -2.26. The number of halogens is 5.